The second-order valence-electron chi connectivity index (χ2n) is 8.71. The van der Waals surface area contributed by atoms with Crippen LogP contribution >= 0.6 is 0 Å². The van der Waals surface area contributed by atoms with Gasteiger partial charge in [0.25, 0.3) is 11.8 Å². The molecule has 188 valence electrons. The Kier molecular flexibility index (Phi) is 6.89. The molecule has 1 fully saturated rings. The number of ether oxygens (including phenoxy) is 2. The molecule has 1 aromatic heterocycles. The molecule has 0 bridgehead atoms. The molecule has 1 aliphatic rings. The number of amides is 2. The molecule has 0 saturated carbocycles. The van der Waals surface area contributed by atoms with Crippen molar-refractivity contribution in [1.29, 1.82) is 0 Å². The first-order chi connectivity index (χ1) is 18.1. The smallest absolute Gasteiger partial charge is 0.272 e. The zero-order chi connectivity index (χ0) is 25.8. The molecule has 0 aliphatic carbocycles. The van der Waals surface area contributed by atoms with E-state index in [1.807, 2.05) is 59.5 Å². The Bertz CT molecular complexity index is 1430. The summed E-state index contributed by atoms with van der Waals surface area (Å²) in [6, 6.07) is 24.2. The van der Waals surface area contributed by atoms with Crippen molar-refractivity contribution in [2.45, 2.75) is 0 Å². The number of para-hydroxylation sites is 2. The van der Waals surface area contributed by atoms with Gasteiger partial charge in [0.05, 0.1) is 25.3 Å². The molecule has 0 radical (unpaired) electrons. The number of rotatable bonds is 6. The SMILES string of the molecule is COc1ccccc1C(=O)Nc1ccc(N2CCN(C(=O)c3cc(OC)c4ccccc4n3)CC2)cc1. The molecule has 8 nitrogen and oxygen atoms in total. The van der Waals surface area contributed by atoms with E-state index in [-0.39, 0.29) is 11.8 Å². The van der Waals surface area contributed by atoms with Crippen molar-refractivity contribution in [2.24, 2.45) is 0 Å². The van der Waals surface area contributed by atoms with E-state index >= 15 is 0 Å². The number of aromatic nitrogens is 1. The molecule has 37 heavy (non-hydrogen) atoms. The van der Waals surface area contributed by atoms with Gasteiger partial charge in [-0.2, -0.15) is 0 Å². The molecule has 1 saturated heterocycles. The van der Waals surface area contributed by atoms with E-state index in [0.29, 0.717) is 54.6 Å². The molecule has 5 rings (SSSR count). The molecule has 3 aromatic carbocycles. The molecule has 2 heterocycles. The topological polar surface area (TPSA) is 84.0 Å². The predicted molar refractivity (Wildman–Crippen MR) is 144 cm³/mol. The second-order valence-corrected chi connectivity index (χ2v) is 8.71. The first-order valence-corrected chi connectivity index (χ1v) is 12.1. The fourth-order valence-corrected chi connectivity index (χ4v) is 4.54. The molecule has 2 amide bonds. The van der Waals surface area contributed by atoms with Crippen LogP contribution in [0.4, 0.5) is 11.4 Å². The summed E-state index contributed by atoms with van der Waals surface area (Å²) in [5, 5.41) is 3.80. The number of pyridine rings is 1. The highest BCUT2D eigenvalue weighted by Crippen LogP contribution is 2.26. The molecule has 0 spiro atoms. The molecular weight excluding hydrogens is 468 g/mol. The zero-order valence-corrected chi connectivity index (χ0v) is 20.8. The van der Waals surface area contributed by atoms with Gasteiger partial charge in [0, 0.05) is 49.0 Å². The van der Waals surface area contributed by atoms with Crippen molar-refractivity contribution < 1.29 is 19.1 Å². The van der Waals surface area contributed by atoms with Gasteiger partial charge >= 0.3 is 0 Å². The summed E-state index contributed by atoms with van der Waals surface area (Å²) in [5.74, 6) is 0.848. The number of carbonyl (C=O) groups excluding carboxylic acids is 2. The molecule has 0 atom stereocenters. The van der Waals surface area contributed by atoms with Crippen LogP contribution in [0.1, 0.15) is 20.8 Å². The number of nitrogens with zero attached hydrogens (tertiary/aromatic N) is 3. The average Bonchev–Trinajstić information content (AvgIpc) is 2.96. The zero-order valence-electron chi connectivity index (χ0n) is 20.8. The van der Waals surface area contributed by atoms with Crippen LogP contribution in [0.15, 0.2) is 78.9 Å². The van der Waals surface area contributed by atoms with Crippen LogP contribution in [0.2, 0.25) is 0 Å². The van der Waals surface area contributed by atoms with Crippen LogP contribution in [0.25, 0.3) is 10.9 Å². The van der Waals surface area contributed by atoms with Crippen molar-refractivity contribution in [3.8, 4) is 11.5 Å². The van der Waals surface area contributed by atoms with E-state index < -0.39 is 0 Å². The largest absolute Gasteiger partial charge is 0.496 e. The van der Waals surface area contributed by atoms with Gasteiger partial charge < -0.3 is 24.6 Å². The maximum Gasteiger partial charge on any atom is 0.272 e. The lowest BCUT2D eigenvalue weighted by Gasteiger charge is -2.36. The lowest BCUT2D eigenvalue weighted by atomic mass is 10.1. The standard InChI is InChI=1S/C29H28N4O4/c1-36-26-10-6-4-8-23(26)28(34)30-20-11-13-21(14-12-20)32-15-17-33(18-16-32)29(35)25-19-27(37-2)22-7-3-5-9-24(22)31-25/h3-14,19H,15-18H2,1-2H3,(H,30,34). The number of methoxy groups -OCH3 is 2. The summed E-state index contributed by atoms with van der Waals surface area (Å²) in [7, 11) is 3.15. The number of hydrogen-bond donors (Lipinski definition) is 1. The maximum absolute atomic E-state index is 13.2. The van der Waals surface area contributed by atoms with Gasteiger partial charge in [0.15, 0.2) is 0 Å². The normalized spacial score (nSPS) is 13.4. The monoisotopic (exact) mass is 496 g/mol. The Hall–Kier alpha value is -4.59. The summed E-state index contributed by atoms with van der Waals surface area (Å²) in [6.45, 7) is 2.57. The third-order valence-corrected chi connectivity index (χ3v) is 6.53. The quantitative estimate of drug-likeness (QED) is 0.424. The third kappa shape index (κ3) is 5.04. The Morgan fingerprint density at radius 1 is 0.811 bits per heavy atom. The number of piperazine rings is 1. The van der Waals surface area contributed by atoms with E-state index in [2.05, 4.69) is 15.2 Å². The fraction of sp³-hybridized carbons (Fsp3) is 0.207. The van der Waals surface area contributed by atoms with Crippen molar-refractivity contribution in [3.63, 3.8) is 0 Å². The Balaban J connectivity index is 1.21. The molecule has 0 unspecified atom stereocenters. The van der Waals surface area contributed by atoms with Gasteiger partial charge in [-0.1, -0.05) is 24.3 Å². The minimum absolute atomic E-state index is 0.0990. The van der Waals surface area contributed by atoms with Crippen molar-refractivity contribution >= 4 is 34.1 Å². The number of hydrogen-bond acceptors (Lipinski definition) is 6. The highest BCUT2D eigenvalue weighted by molar-refractivity contribution is 6.06. The lowest BCUT2D eigenvalue weighted by Crippen LogP contribution is -2.49. The van der Waals surface area contributed by atoms with Gasteiger partial charge in [-0.25, -0.2) is 4.98 Å². The fourth-order valence-electron chi connectivity index (χ4n) is 4.54. The summed E-state index contributed by atoms with van der Waals surface area (Å²) in [6.07, 6.45) is 0. The van der Waals surface area contributed by atoms with Crippen molar-refractivity contribution in [2.75, 3.05) is 50.6 Å². The van der Waals surface area contributed by atoms with Crippen molar-refractivity contribution in [3.05, 3.63) is 90.1 Å². The van der Waals surface area contributed by atoms with Crippen LogP contribution in [-0.4, -0.2) is 62.1 Å². The molecule has 4 aromatic rings. The van der Waals surface area contributed by atoms with Crippen LogP contribution in [0.5, 0.6) is 11.5 Å². The van der Waals surface area contributed by atoms with Crippen molar-refractivity contribution in [1.82, 2.24) is 9.88 Å². The average molecular weight is 497 g/mol. The first-order valence-electron chi connectivity index (χ1n) is 12.1. The number of fused-ring (bicyclic) bond motifs is 1. The van der Waals surface area contributed by atoms with Gasteiger partial charge in [-0.15, -0.1) is 0 Å². The summed E-state index contributed by atoms with van der Waals surface area (Å²) >= 11 is 0. The van der Waals surface area contributed by atoms with Crippen LogP contribution < -0.4 is 19.7 Å². The van der Waals surface area contributed by atoms with Gasteiger partial charge in [-0.3, -0.25) is 9.59 Å². The Labute approximate surface area is 215 Å². The number of nitrogens with one attached hydrogen (secondary N) is 1. The van der Waals surface area contributed by atoms with E-state index in [1.54, 1.807) is 38.5 Å². The molecular formula is C29H28N4O4. The lowest BCUT2D eigenvalue weighted by molar-refractivity contribution is 0.0740. The van der Waals surface area contributed by atoms with Gasteiger partial charge in [0.1, 0.15) is 17.2 Å². The third-order valence-electron chi connectivity index (χ3n) is 6.53. The first kappa shape index (κ1) is 24.1. The van der Waals surface area contributed by atoms with E-state index in [9.17, 15) is 9.59 Å². The minimum atomic E-state index is -0.226. The van der Waals surface area contributed by atoms with Gasteiger partial charge in [-0.05, 0) is 48.5 Å². The van der Waals surface area contributed by atoms with Crippen LogP contribution in [-0.2, 0) is 0 Å². The van der Waals surface area contributed by atoms with E-state index in [1.165, 1.54) is 0 Å². The molecule has 8 heteroatoms. The highest BCUT2D eigenvalue weighted by atomic mass is 16.5. The molecule has 1 N–H and O–H groups in total. The second kappa shape index (κ2) is 10.6. The van der Waals surface area contributed by atoms with E-state index in [4.69, 9.17) is 9.47 Å². The maximum atomic E-state index is 13.2. The number of carbonyl (C=O) groups is 2. The van der Waals surface area contributed by atoms with Crippen LogP contribution in [0.3, 0.4) is 0 Å². The summed E-state index contributed by atoms with van der Waals surface area (Å²) in [4.78, 5) is 34.5. The Morgan fingerprint density at radius 2 is 1.49 bits per heavy atom. The highest BCUT2D eigenvalue weighted by Gasteiger charge is 2.24. The Morgan fingerprint density at radius 3 is 2.22 bits per heavy atom. The van der Waals surface area contributed by atoms with Gasteiger partial charge in [0.2, 0.25) is 0 Å². The number of benzene rings is 3. The molecule has 1 aliphatic heterocycles. The minimum Gasteiger partial charge on any atom is -0.496 e. The summed E-state index contributed by atoms with van der Waals surface area (Å²) in [5.41, 5.74) is 3.34. The van der Waals surface area contributed by atoms with E-state index in [0.717, 1.165) is 16.6 Å². The summed E-state index contributed by atoms with van der Waals surface area (Å²) < 4.78 is 10.8. The number of anilines is 2. The predicted octanol–water partition coefficient (Wildman–Crippen LogP) is 4.47. The van der Waals surface area contributed by atoms with Crippen LogP contribution in [0, 0.1) is 0 Å².